The Morgan fingerprint density at radius 2 is 1.73 bits per heavy atom. The lowest BCUT2D eigenvalue weighted by atomic mass is 9.97. The van der Waals surface area contributed by atoms with Gasteiger partial charge in [-0.05, 0) is 44.4 Å². The number of piperidine rings is 1. The predicted molar refractivity (Wildman–Crippen MR) is 83.1 cm³/mol. The molecule has 0 aliphatic carbocycles. The minimum atomic E-state index is -4.27. The third kappa shape index (κ3) is 3.76. The van der Waals surface area contributed by atoms with E-state index >= 15 is 0 Å². The third-order valence-electron chi connectivity index (χ3n) is 4.81. The average molecular weight is 335 g/mol. The van der Waals surface area contributed by atoms with Crippen molar-refractivity contribution >= 4 is 12.4 Å². The summed E-state index contributed by atoms with van der Waals surface area (Å²) in [4.78, 5) is 2.09. The van der Waals surface area contributed by atoms with Crippen LogP contribution in [0.2, 0.25) is 0 Å². The van der Waals surface area contributed by atoms with E-state index in [0.717, 1.165) is 12.8 Å². The summed E-state index contributed by atoms with van der Waals surface area (Å²) < 4.78 is 39.1. The van der Waals surface area contributed by atoms with Crippen LogP contribution >= 0.6 is 12.4 Å². The fraction of sp³-hybridized carbons (Fsp3) is 0.625. The molecule has 2 saturated heterocycles. The van der Waals surface area contributed by atoms with Gasteiger partial charge in [-0.15, -0.1) is 12.4 Å². The van der Waals surface area contributed by atoms with E-state index in [1.807, 2.05) is 7.05 Å². The van der Waals surface area contributed by atoms with Gasteiger partial charge in [0.05, 0.1) is 5.56 Å². The van der Waals surface area contributed by atoms with Crippen molar-refractivity contribution in [3.05, 3.63) is 35.4 Å². The second kappa shape index (κ2) is 6.77. The minimum Gasteiger partial charge on any atom is -0.311 e. The summed E-state index contributed by atoms with van der Waals surface area (Å²) in [5.74, 6) is 0. The molecule has 0 amide bonds. The Hall–Kier alpha value is -0.780. The van der Waals surface area contributed by atoms with Crippen LogP contribution in [0.5, 0.6) is 0 Å². The van der Waals surface area contributed by atoms with E-state index in [4.69, 9.17) is 0 Å². The Balaban J connectivity index is 0.00000176. The standard InChI is InChI=1S/C16H21F3N2.ClH/c1-21(14-8-12-6-7-13(9-14)20-12)10-11-4-2-3-5-15(11)16(17,18)19;/h2-5,12-14,20H,6-10H2,1H3;1H. The fourth-order valence-corrected chi connectivity index (χ4v) is 3.72. The second-order valence-electron chi connectivity index (χ2n) is 6.33. The number of hydrogen-bond donors (Lipinski definition) is 1. The van der Waals surface area contributed by atoms with Crippen molar-refractivity contribution < 1.29 is 13.2 Å². The van der Waals surface area contributed by atoms with Gasteiger partial charge in [-0.1, -0.05) is 18.2 Å². The smallest absolute Gasteiger partial charge is 0.311 e. The number of halogens is 4. The molecule has 2 unspecified atom stereocenters. The first kappa shape index (κ1) is 17.6. The van der Waals surface area contributed by atoms with Crippen molar-refractivity contribution in [2.45, 2.75) is 56.5 Å². The lowest BCUT2D eigenvalue weighted by molar-refractivity contribution is -0.138. The number of rotatable bonds is 3. The molecule has 0 aromatic heterocycles. The van der Waals surface area contributed by atoms with Crippen LogP contribution in [0.1, 0.15) is 36.8 Å². The highest BCUT2D eigenvalue weighted by Crippen LogP contribution is 2.34. The van der Waals surface area contributed by atoms with Gasteiger partial charge in [0.25, 0.3) is 0 Å². The van der Waals surface area contributed by atoms with Gasteiger partial charge in [-0.25, -0.2) is 0 Å². The highest BCUT2D eigenvalue weighted by molar-refractivity contribution is 5.85. The number of benzene rings is 1. The first-order valence-electron chi connectivity index (χ1n) is 7.55. The van der Waals surface area contributed by atoms with Crippen molar-refractivity contribution in [2.75, 3.05) is 7.05 Å². The monoisotopic (exact) mass is 334 g/mol. The van der Waals surface area contributed by atoms with Crippen molar-refractivity contribution in [2.24, 2.45) is 0 Å². The molecule has 1 aromatic rings. The summed E-state index contributed by atoms with van der Waals surface area (Å²) in [5.41, 5.74) is -0.132. The molecule has 2 nitrogen and oxygen atoms in total. The first-order valence-corrected chi connectivity index (χ1v) is 7.55. The number of nitrogens with one attached hydrogen (secondary N) is 1. The summed E-state index contributed by atoms with van der Waals surface area (Å²) >= 11 is 0. The molecule has 2 atom stereocenters. The van der Waals surface area contributed by atoms with E-state index in [9.17, 15) is 13.2 Å². The minimum absolute atomic E-state index is 0. The maximum Gasteiger partial charge on any atom is 0.416 e. The second-order valence-corrected chi connectivity index (χ2v) is 6.33. The van der Waals surface area contributed by atoms with E-state index in [2.05, 4.69) is 10.2 Å². The zero-order chi connectivity index (χ0) is 15.0. The normalized spacial score (nSPS) is 27.8. The molecule has 2 fully saturated rings. The van der Waals surface area contributed by atoms with E-state index in [1.54, 1.807) is 12.1 Å². The molecular formula is C16H22ClF3N2. The number of fused-ring (bicyclic) bond motifs is 2. The van der Waals surface area contributed by atoms with Gasteiger partial charge in [0.15, 0.2) is 0 Å². The van der Waals surface area contributed by atoms with Gasteiger partial charge in [-0.3, -0.25) is 4.90 Å². The van der Waals surface area contributed by atoms with Crippen LogP contribution in [0.25, 0.3) is 0 Å². The Bertz CT molecular complexity index is 494. The van der Waals surface area contributed by atoms with Crippen molar-refractivity contribution in [1.82, 2.24) is 10.2 Å². The zero-order valence-corrected chi connectivity index (χ0v) is 13.4. The molecule has 1 N–H and O–H groups in total. The van der Waals surface area contributed by atoms with E-state index in [-0.39, 0.29) is 12.4 Å². The van der Waals surface area contributed by atoms with Crippen molar-refractivity contribution in [3.8, 4) is 0 Å². The molecular weight excluding hydrogens is 313 g/mol. The summed E-state index contributed by atoms with van der Waals surface area (Å²) in [6.45, 7) is 0.361. The molecule has 1 aromatic carbocycles. The third-order valence-corrected chi connectivity index (χ3v) is 4.81. The van der Waals surface area contributed by atoms with E-state index in [0.29, 0.717) is 30.2 Å². The Labute approximate surface area is 135 Å². The van der Waals surface area contributed by atoms with Gasteiger partial charge in [0.1, 0.15) is 0 Å². The molecule has 0 radical (unpaired) electrons. The van der Waals surface area contributed by atoms with Crippen LogP contribution in [0.15, 0.2) is 24.3 Å². The number of nitrogens with zero attached hydrogens (tertiary/aromatic N) is 1. The van der Waals surface area contributed by atoms with Crippen molar-refractivity contribution in [3.63, 3.8) is 0 Å². The van der Waals surface area contributed by atoms with Gasteiger partial charge >= 0.3 is 6.18 Å². The van der Waals surface area contributed by atoms with Gasteiger partial charge < -0.3 is 5.32 Å². The summed E-state index contributed by atoms with van der Waals surface area (Å²) in [6, 6.07) is 7.39. The van der Waals surface area contributed by atoms with Crippen LogP contribution in [-0.2, 0) is 12.7 Å². The van der Waals surface area contributed by atoms with Crippen LogP contribution < -0.4 is 5.32 Å². The average Bonchev–Trinajstić information content (AvgIpc) is 2.76. The van der Waals surface area contributed by atoms with E-state index < -0.39 is 11.7 Å². The van der Waals surface area contributed by atoms with Crippen LogP contribution in [0.4, 0.5) is 13.2 Å². The summed E-state index contributed by atoms with van der Waals surface area (Å²) in [7, 11) is 1.95. The molecule has 22 heavy (non-hydrogen) atoms. The lowest BCUT2D eigenvalue weighted by Crippen LogP contribution is -2.46. The quantitative estimate of drug-likeness (QED) is 0.903. The van der Waals surface area contributed by atoms with Crippen LogP contribution in [0, 0.1) is 0 Å². The maximum atomic E-state index is 13.0. The van der Waals surface area contributed by atoms with Gasteiger partial charge in [-0.2, -0.15) is 13.2 Å². The Morgan fingerprint density at radius 3 is 2.32 bits per heavy atom. The first-order chi connectivity index (χ1) is 9.93. The van der Waals surface area contributed by atoms with Gasteiger partial charge in [0.2, 0.25) is 0 Å². The maximum absolute atomic E-state index is 13.0. The zero-order valence-electron chi connectivity index (χ0n) is 12.6. The number of hydrogen-bond acceptors (Lipinski definition) is 2. The largest absolute Gasteiger partial charge is 0.416 e. The highest BCUT2D eigenvalue weighted by Gasteiger charge is 2.36. The van der Waals surface area contributed by atoms with Crippen molar-refractivity contribution in [1.29, 1.82) is 0 Å². The summed E-state index contributed by atoms with van der Waals surface area (Å²) in [6.07, 6.45) is 0.218. The van der Waals surface area contributed by atoms with Crippen LogP contribution in [-0.4, -0.2) is 30.1 Å². The lowest BCUT2D eigenvalue weighted by Gasteiger charge is -2.36. The molecule has 2 aliphatic rings. The molecule has 0 saturated carbocycles. The molecule has 124 valence electrons. The Kier molecular flexibility index (Phi) is 5.41. The molecule has 6 heteroatoms. The molecule has 2 bridgehead atoms. The fourth-order valence-electron chi connectivity index (χ4n) is 3.72. The molecule has 0 spiro atoms. The van der Waals surface area contributed by atoms with E-state index in [1.165, 1.54) is 25.0 Å². The molecule has 3 rings (SSSR count). The Morgan fingerprint density at radius 1 is 1.14 bits per heavy atom. The summed E-state index contributed by atoms with van der Waals surface area (Å²) in [5, 5.41) is 3.57. The molecule has 2 heterocycles. The van der Waals surface area contributed by atoms with Crippen LogP contribution in [0.3, 0.4) is 0 Å². The topological polar surface area (TPSA) is 15.3 Å². The SMILES string of the molecule is CN(Cc1ccccc1C(F)(F)F)C1CC2CCC(C1)N2.Cl. The predicted octanol–water partition coefficient (Wildman–Crippen LogP) is 3.84. The highest BCUT2D eigenvalue weighted by atomic mass is 35.5. The number of alkyl halides is 3. The molecule has 2 aliphatic heterocycles. The van der Waals surface area contributed by atoms with Gasteiger partial charge in [0, 0.05) is 24.7 Å².